The van der Waals surface area contributed by atoms with E-state index in [1.807, 2.05) is 6.07 Å². The molecule has 2 aliphatic heterocycles. The highest BCUT2D eigenvalue weighted by Crippen LogP contribution is 2.30. The van der Waals surface area contributed by atoms with Gasteiger partial charge in [0.2, 0.25) is 0 Å². The van der Waals surface area contributed by atoms with Gasteiger partial charge in [-0.15, -0.1) is 0 Å². The summed E-state index contributed by atoms with van der Waals surface area (Å²) in [5.41, 5.74) is 1.28. The molecule has 0 saturated carbocycles. The van der Waals surface area contributed by atoms with Crippen LogP contribution < -0.4 is 4.90 Å². The number of amides is 1. The van der Waals surface area contributed by atoms with E-state index >= 15 is 0 Å². The SMILES string of the molecule is N#C/C(=C\c1cc([N+](=O)[O-])ccc1N1CCCCC1)C(=O)N1CCOCC1. The number of nitro benzene ring substituents is 1. The minimum atomic E-state index is -0.465. The zero-order valence-electron chi connectivity index (χ0n) is 15.1. The second-order valence-corrected chi connectivity index (χ2v) is 6.62. The minimum absolute atomic E-state index is 0.0179. The van der Waals surface area contributed by atoms with Gasteiger partial charge in [0.25, 0.3) is 11.6 Å². The van der Waals surface area contributed by atoms with Crippen molar-refractivity contribution in [1.82, 2.24) is 4.90 Å². The van der Waals surface area contributed by atoms with E-state index in [0.717, 1.165) is 38.0 Å². The van der Waals surface area contributed by atoms with E-state index in [4.69, 9.17) is 4.74 Å². The summed E-state index contributed by atoms with van der Waals surface area (Å²) in [4.78, 5) is 27.1. The summed E-state index contributed by atoms with van der Waals surface area (Å²) in [6.45, 7) is 3.48. The Hall–Kier alpha value is -2.92. The van der Waals surface area contributed by atoms with Gasteiger partial charge in [0, 0.05) is 49.6 Å². The van der Waals surface area contributed by atoms with Crippen LogP contribution >= 0.6 is 0 Å². The first-order valence-electron chi connectivity index (χ1n) is 9.12. The fourth-order valence-electron chi connectivity index (χ4n) is 3.43. The van der Waals surface area contributed by atoms with Gasteiger partial charge in [-0.05, 0) is 31.4 Å². The first kappa shape index (κ1) is 18.9. The first-order chi connectivity index (χ1) is 13.1. The predicted molar refractivity (Wildman–Crippen MR) is 100 cm³/mol. The number of ether oxygens (including phenoxy) is 1. The van der Waals surface area contributed by atoms with E-state index in [9.17, 15) is 20.2 Å². The predicted octanol–water partition coefficient (Wildman–Crippen LogP) is 2.35. The number of hydrogen-bond acceptors (Lipinski definition) is 6. The molecule has 2 fully saturated rings. The highest BCUT2D eigenvalue weighted by atomic mass is 16.6. The normalized spacial score (nSPS) is 18.1. The number of carbonyl (C=O) groups excluding carboxylic acids is 1. The number of anilines is 1. The van der Waals surface area contributed by atoms with Crippen molar-refractivity contribution in [2.24, 2.45) is 0 Å². The largest absolute Gasteiger partial charge is 0.378 e. The lowest BCUT2D eigenvalue weighted by Gasteiger charge is -2.30. The molecule has 2 heterocycles. The van der Waals surface area contributed by atoms with Crippen LogP contribution in [0.3, 0.4) is 0 Å². The molecule has 0 atom stereocenters. The fraction of sp³-hybridized carbons (Fsp3) is 0.474. The van der Waals surface area contributed by atoms with Gasteiger partial charge < -0.3 is 14.5 Å². The van der Waals surface area contributed by atoms with E-state index in [2.05, 4.69) is 4.90 Å². The summed E-state index contributed by atoms with van der Waals surface area (Å²) in [6, 6.07) is 6.59. The molecule has 0 spiro atoms. The Kier molecular flexibility index (Phi) is 6.04. The Morgan fingerprint density at radius 3 is 2.52 bits per heavy atom. The monoisotopic (exact) mass is 370 g/mol. The lowest BCUT2D eigenvalue weighted by Crippen LogP contribution is -2.41. The quantitative estimate of drug-likeness (QED) is 0.349. The van der Waals surface area contributed by atoms with Gasteiger partial charge in [0.1, 0.15) is 11.6 Å². The number of morpholine rings is 1. The van der Waals surface area contributed by atoms with Gasteiger partial charge in [-0.2, -0.15) is 5.26 Å². The number of hydrogen-bond donors (Lipinski definition) is 0. The van der Waals surface area contributed by atoms with Crippen molar-refractivity contribution in [3.05, 3.63) is 39.4 Å². The molecule has 0 aromatic heterocycles. The average molecular weight is 370 g/mol. The van der Waals surface area contributed by atoms with E-state index in [0.29, 0.717) is 31.9 Å². The maximum atomic E-state index is 12.7. The van der Waals surface area contributed by atoms with Gasteiger partial charge in [-0.1, -0.05) is 0 Å². The van der Waals surface area contributed by atoms with Crippen LogP contribution in [0.25, 0.3) is 6.08 Å². The van der Waals surface area contributed by atoms with Crippen LogP contribution in [-0.2, 0) is 9.53 Å². The van der Waals surface area contributed by atoms with Crippen LogP contribution in [0.2, 0.25) is 0 Å². The molecule has 1 aromatic rings. The number of rotatable bonds is 4. The minimum Gasteiger partial charge on any atom is -0.378 e. The lowest BCUT2D eigenvalue weighted by molar-refractivity contribution is -0.384. The van der Waals surface area contributed by atoms with Crippen molar-refractivity contribution in [3.63, 3.8) is 0 Å². The number of nitrogens with zero attached hydrogens (tertiary/aromatic N) is 4. The van der Waals surface area contributed by atoms with Crippen molar-refractivity contribution in [3.8, 4) is 6.07 Å². The average Bonchev–Trinajstić information content (AvgIpc) is 2.72. The highest BCUT2D eigenvalue weighted by molar-refractivity contribution is 6.02. The number of benzene rings is 1. The Morgan fingerprint density at radius 2 is 1.89 bits per heavy atom. The maximum Gasteiger partial charge on any atom is 0.270 e. The Labute approximate surface area is 157 Å². The standard InChI is InChI=1S/C19H22N4O4/c20-14-16(19(24)22-8-10-27-11-9-22)12-15-13-17(23(25)26)4-5-18(15)21-6-2-1-3-7-21/h4-5,12-13H,1-3,6-11H2/b16-12+. The summed E-state index contributed by atoms with van der Waals surface area (Å²) >= 11 is 0. The maximum absolute atomic E-state index is 12.7. The van der Waals surface area contributed by atoms with Crippen LogP contribution in [0.1, 0.15) is 24.8 Å². The highest BCUT2D eigenvalue weighted by Gasteiger charge is 2.22. The lowest BCUT2D eigenvalue weighted by atomic mass is 10.0. The number of nitro groups is 1. The number of piperidine rings is 1. The van der Waals surface area contributed by atoms with Crippen LogP contribution in [0, 0.1) is 21.4 Å². The van der Waals surface area contributed by atoms with Crippen molar-refractivity contribution in [1.29, 1.82) is 5.26 Å². The second-order valence-electron chi connectivity index (χ2n) is 6.62. The van der Waals surface area contributed by atoms with Crippen molar-refractivity contribution in [2.45, 2.75) is 19.3 Å². The van der Waals surface area contributed by atoms with Gasteiger partial charge in [0.15, 0.2) is 0 Å². The number of nitriles is 1. The number of non-ortho nitro benzene ring substituents is 1. The van der Waals surface area contributed by atoms with Crippen LogP contribution in [-0.4, -0.2) is 55.1 Å². The van der Waals surface area contributed by atoms with E-state index in [-0.39, 0.29) is 17.2 Å². The molecule has 1 aromatic carbocycles. The number of carbonyl (C=O) groups is 1. The summed E-state index contributed by atoms with van der Waals surface area (Å²) in [7, 11) is 0. The molecule has 142 valence electrons. The first-order valence-corrected chi connectivity index (χ1v) is 9.12. The Balaban J connectivity index is 1.97. The topological polar surface area (TPSA) is 99.7 Å². The van der Waals surface area contributed by atoms with Gasteiger partial charge >= 0.3 is 0 Å². The summed E-state index contributed by atoms with van der Waals surface area (Å²) < 4.78 is 5.24. The molecule has 8 nitrogen and oxygen atoms in total. The third-order valence-corrected chi connectivity index (χ3v) is 4.87. The Bertz CT molecular complexity index is 787. The van der Waals surface area contributed by atoms with Crippen molar-refractivity contribution in [2.75, 3.05) is 44.3 Å². The van der Waals surface area contributed by atoms with Crippen molar-refractivity contribution < 1.29 is 14.5 Å². The molecule has 0 radical (unpaired) electrons. The molecule has 1 amide bonds. The van der Waals surface area contributed by atoms with E-state index < -0.39 is 4.92 Å². The smallest absolute Gasteiger partial charge is 0.270 e. The molecule has 0 N–H and O–H groups in total. The van der Waals surface area contributed by atoms with Crippen molar-refractivity contribution >= 4 is 23.4 Å². The van der Waals surface area contributed by atoms with E-state index in [1.165, 1.54) is 18.2 Å². The van der Waals surface area contributed by atoms with E-state index in [1.54, 1.807) is 11.0 Å². The molecule has 3 rings (SSSR count). The Morgan fingerprint density at radius 1 is 1.19 bits per heavy atom. The zero-order valence-corrected chi connectivity index (χ0v) is 15.1. The summed E-state index contributed by atoms with van der Waals surface area (Å²) in [5.74, 6) is -0.364. The van der Waals surface area contributed by atoms with Crippen LogP contribution in [0.15, 0.2) is 23.8 Å². The van der Waals surface area contributed by atoms with Crippen LogP contribution in [0.5, 0.6) is 0 Å². The molecule has 27 heavy (non-hydrogen) atoms. The van der Waals surface area contributed by atoms with Gasteiger partial charge in [0.05, 0.1) is 18.1 Å². The van der Waals surface area contributed by atoms with Crippen LogP contribution in [0.4, 0.5) is 11.4 Å². The van der Waals surface area contributed by atoms with Gasteiger partial charge in [-0.3, -0.25) is 14.9 Å². The van der Waals surface area contributed by atoms with Gasteiger partial charge in [-0.25, -0.2) is 0 Å². The molecule has 0 aliphatic carbocycles. The molecule has 2 aliphatic rings. The molecule has 0 unspecified atom stereocenters. The fourth-order valence-corrected chi connectivity index (χ4v) is 3.43. The zero-order chi connectivity index (χ0) is 19.2. The second kappa shape index (κ2) is 8.64. The summed E-state index contributed by atoms with van der Waals surface area (Å²) in [6.07, 6.45) is 4.75. The third kappa shape index (κ3) is 4.44. The summed E-state index contributed by atoms with van der Waals surface area (Å²) in [5, 5.41) is 20.7. The molecule has 0 bridgehead atoms. The third-order valence-electron chi connectivity index (χ3n) is 4.87. The molecule has 2 saturated heterocycles. The molecular formula is C19H22N4O4. The molecule has 8 heteroatoms. The molecular weight excluding hydrogens is 348 g/mol.